The number of anilines is 1. The molecule has 0 saturated heterocycles. The summed E-state index contributed by atoms with van der Waals surface area (Å²) < 4.78 is 7.64. The van der Waals surface area contributed by atoms with Crippen molar-refractivity contribution in [2.24, 2.45) is 0 Å². The maximum Gasteiger partial charge on any atom is 0.266 e. The monoisotopic (exact) mass is 550 g/mol. The van der Waals surface area contributed by atoms with Gasteiger partial charge in [0.25, 0.3) is 5.91 Å². The molecule has 0 aliphatic carbocycles. The fourth-order valence-corrected chi connectivity index (χ4v) is 4.07. The number of nitrogens with one attached hydrogen (secondary N) is 1. The highest BCUT2D eigenvalue weighted by atomic mass is 79.9. The van der Waals surface area contributed by atoms with E-state index < -0.39 is 5.91 Å². The van der Waals surface area contributed by atoms with E-state index in [-0.39, 0.29) is 5.57 Å². The van der Waals surface area contributed by atoms with Crippen LogP contribution in [-0.2, 0) is 17.8 Å². The van der Waals surface area contributed by atoms with Gasteiger partial charge in [-0.1, -0.05) is 58.4 Å². The van der Waals surface area contributed by atoms with Gasteiger partial charge in [-0.05, 0) is 75.4 Å². The van der Waals surface area contributed by atoms with E-state index in [1.165, 1.54) is 0 Å². The van der Waals surface area contributed by atoms with Crippen LogP contribution in [0.5, 0.6) is 5.75 Å². The Kier molecular flexibility index (Phi) is 8.43. The molecule has 0 aliphatic heterocycles. The molecule has 0 heterocycles. The lowest BCUT2D eigenvalue weighted by molar-refractivity contribution is -0.112. The molecular weight excluding hydrogens is 532 g/mol. The van der Waals surface area contributed by atoms with E-state index in [9.17, 15) is 10.1 Å². The van der Waals surface area contributed by atoms with Crippen LogP contribution < -0.4 is 10.1 Å². The molecular formula is C26H20Br2N2O2. The molecule has 3 aromatic carbocycles. The first kappa shape index (κ1) is 23.5. The SMILES string of the molecule is C=CCc1cc(/C=C(/C#N)C(=O)Nc2cccc(Br)c2)cc(Br)c1OCc1ccccc1. The summed E-state index contributed by atoms with van der Waals surface area (Å²) in [6.45, 7) is 4.26. The van der Waals surface area contributed by atoms with Gasteiger partial charge in [0.15, 0.2) is 0 Å². The predicted octanol–water partition coefficient (Wildman–Crippen LogP) is 7.06. The predicted molar refractivity (Wildman–Crippen MR) is 135 cm³/mol. The van der Waals surface area contributed by atoms with Crippen molar-refractivity contribution in [1.82, 2.24) is 0 Å². The summed E-state index contributed by atoms with van der Waals surface area (Å²) in [5.74, 6) is 0.236. The van der Waals surface area contributed by atoms with Gasteiger partial charge in [0.2, 0.25) is 0 Å². The Morgan fingerprint density at radius 3 is 2.56 bits per heavy atom. The van der Waals surface area contributed by atoms with Crippen molar-refractivity contribution in [2.75, 3.05) is 5.32 Å². The Balaban J connectivity index is 1.85. The van der Waals surface area contributed by atoms with Gasteiger partial charge in [0, 0.05) is 10.2 Å². The first-order chi connectivity index (χ1) is 15.5. The van der Waals surface area contributed by atoms with Crippen LogP contribution in [0, 0.1) is 11.3 Å². The van der Waals surface area contributed by atoms with Crippen molar-refractivity contribution in [3.8, 4) is 11.8 Å². The van der Waals surface area contributed by atoms with Gasteiger partial charge in [0.1, 0.15) is 24.0 Å². The molecule has 0 aliphatic rings. The third-order valence-corrected chi connectivity index (χ3v) is 5.57. The van der Waals surface area contributed by atoms with Gasteiger partial charge >= 0.3 is 0 Å². The summed E-state index contributed by atoms with van der Waals surface area (Å²) in [4.78, 5) is 12.6. The number of carbonyl (C=O) groups excluding carboxylic acids is 1. The number of hydrogen-bond acceptors (Lipinski definition) is 3. The fraction of sp³-hybridized carbons (Fsp3) is 0.0769. The van der Waals surface area contributed by atoms with E-state index in [0.29, 0.717) is 30.0 Å². The van der Waals surface area contributed by atoms with Crippen molar-refractivity contribution >= 4 is 49.5 Å². The lowest BCUT2D eigenvalue weighted by atomic mass is 10.0. The molecule has 1 amide bonds. The van der Waals surface area contributed by atoms with Gasteiger partial charge in [0.05, 0.1) is 4.47 Å². The standard InChI is InChI=1S/C26H20Br2N2O2/c1-2-7-20-12-19(14-24(28)25(20)32-17-18-8-4-3-5-9-18)13-21(16-29)26(31)30-23-11-6-10-22(27)15-23/h2-6,8-15H,1,7,17H2,(H,30,31)/b21-13-. The Hall–Kier alpha value is -3.14. The molecule has 0 bridgehead atoms. The Morgan fingerprint density at radius 2 is 1.88 bits per heavy atom. The molecule has 4 nitrogen and oxygen atoms in total. The lowest BCUT2D eigenvalue weighted by Gasteiger charge is -2.14. The van der Waals surface area contributed by atoms with Crippen molar-refractivity contribution in [2.45, 2.75) is 13.0 Å². The van der Waals surface area contributed by atoms with Gasteiger partial charge in [-0.25, -0.2) is 0 Å². The van der Waals surface area contributed by atoms with Crippen molar-refractivity contribution in [3.63, 3.8) is 0 Å². The molecule has 3 rings (SSSR count). The van der Waals surface area contributed by atoms with Crippen LogP contribution in [0.4, 0.5) is 5.69 Å². The Labute approximate surface area is 204 Å². The van der Waals surface area contributed by atoms with Crippen LogP contribution in [0.15, 0.2) is 93.9 Å². The molecule has 32 heavy (non-hydrogen) atoms. The topological polar surface area (TPSA) is 62.1 Å². The third kappa shape index (κ3) is 6.43. The van der Waals surface area contributed by atoms with Crippen molar-refractivity contribution in [3.05, 3.63) is 111 Å². The number of hydrogen-bond donors (Lipinski definition) is 1. The zero-order valence-corrected chi connectivity index (χ0v) is 20.3. The average molecular weight is 552 g/mol. The first-order valence-corrected chi connectivity index (χ1v) is 11.4. The highest BCUT2D eigenvalue weighted by molar-refractivity contribution is 9.10. The molecule has 160 valence electrons. The van der Waals surface area contributed by atoms with Crippen LogP contribution in [-0.4, -0.2) is 5.91 Å². The van der Waals surface area contributed by atoms with E-state index >= 15 is 0 Å². The zero-order chi connectivity index (χ0) is 22.9. The molecule has 0 atom stereocenters. The lowest BCUT2D eigenvalue weighted by Crippen LogP contribution is -2.13. The number of allylic oxidation sites excluding steroid dienone is 1. The second kappa shape index (κ2) is 11.5. The fourth-order valence-electron chi connectivity index (χ4n) is 3.04. The minimum atomic E-state index is -0.476. The molecule has 0 aromatic heterocycles. The molecule has 0 unspecified atom stereocenters. The van der Waals surface area contributed by atoms with Crippen molar-refractivity contribution in [1.29, 1.82) is 5.26 Å². The molecule has 0 saturated carbocycles. The van der Waals surface area contributed by atoms with E-state index in [0.717, 1.165) is 20.1 Å². The van der Waals surface area contributed by atoms with Crippen LogP contribution in [0.25, 0.3) is 6.08 Å². The van der Waals surface area contributed by atoms with Gasteiger partial charge in [-0.2, -0.15) is 5.26 Å². The number of rotatable bonds is 8. The molecule has 3 aromatic rings. The largest absolute Gasteiger partial charge is 0.487 e. The number of halogens is 2. The summed E-state index contributed by atoms with van der Waals surface area (Å²) in [7, 11) is 0. The summed E-state index contributed by atoms with van der Waals surface area (Å²) in [6.07, 6.45) is 3.93. The quantitative estimate of drug-likeness (QED) is 0.185. The normalized spacial score (nSPS) is 10.8. The highest BCUT2D eigenvalue weighted by Gasteiger charge is 2.13. The average Bonchev–Trinajstić information content (AvgIpc) is 2.77. The minimum Gasteiger partial charge on any atom is -0.487 e. The van der Waals surface area contributed by atoms with Gasteiger partial charge < -0.3 is 10.1 Å². The van der Waals surface area contributed by atoms with E-state index in [1.54, 1.807) is 24.3 Å². The summed E-state index contributed by atoms with van der Waals surface area (Å²) in [5, 5.41) is 12.3. The maximum absolute atomic E-state index is 12.6. The smallest absolute Gasteiger partial charge is 0.266 e. The minimum absolute atomic E-state index is 0.000572. The number of nitriles is 1. The van der Waals surface area contributed by atoms with Crippen LogP contribution in [0.3, 0.4) is 0 Å². The molecule has 1 N–H and O–H groups in total. The Morgan fingerprint density at radius 1 is 1.09 bits per heavy atom. The van der Waals surface area contributed by atoms with Crippen LogP contribution >= 0.6 is 31.9 Å². The summed E-state index contributed by atoms with van der Waals surface area (Å²) in [6, 6.07) is 22.8. The van der Waals surface area contributed by atoms with Gasteiger partial charge in [-0.3, -0.25) is 4.79 Å². The van der Waals surface area contributed by atoms with Crippen LogP contribution in [0.1, 0.15) is 16.7 Å². The number of benzene rings is 3. The number of ether oxygens (including phenoxy) is 1. The summed E-state index contributed by atoms with van der Waals surface area (Å²) in [5.41, 5.74) is 3.27. The number of carbonyl (C=O) groups is 1. The van der Waals surface area contributed by atoms with Crippen molar-refractivity contribution < 1.29 is 9.53 Å². The second-order valence-electron chi connectivity index (χ2n) is 6.89. The second-order valence-corrected chi connectivity index (χ2v) is 8.66. The first-order valence-electron chi connectivity index (χ1n) is 9.79. The number of nitrogens with zero attached hydrogens (tertiary/aromatic N) is 1. The molecule has 0 spiro atoms. The van der Waals surface area contributed by atoms with E-state index in [2.05, 4.69) is 43.8 Å². The van der Waals surface area contributed by atoms with E-state index in [4.69, 9.17) is 4.74 Å². The molecule has 6 heteroatoms. The number of amides is 1. The maximum atomic E-state index is 12.6. The van der Waals surface area contributed by atoms with Gasteiger partial charge in [-0.15, -0.1) is 6.58 Å². The van der Waals surface area contributed by atoms with Crippen LogP contribution in [0.2, 0.25) is 0 Å². The third-order valence-electron chi connectivity index (χ3n) is 4.49. The van der Waals surface area contributed by atoms with E-state index in [1.807, 2.05) is 60.7 Å². The molecule has 0 radical (unpaired) electrons. The highest BCUT2D eigenvalue weighted by Crippen LogP contribution is 2.33. The Bertz CT molecular complexity index is 1200. The zero-order valence-electron chi connectivity index (χ0n) is 17.1. The summed E-state index contributed by atoms with van der Waals surface area (Å²) >= 11 is 6.94. The molecule has 0 fully saturated rings.